The first-order chi connectivity index (χ1) is 12.2. The van der Waals surface area contributed by atoms with Crippen LogP contribution in [0.5, 0.6) is 11.5 Å². The number of nitrogens with zero attached hydrogens (tertiary/aromatic N) is 2. The zero-order valence-electron chi connectivity index (χ0n) is 15.3. The fraction of sp³-hybridized carbons (Fsp3) is 0.556. The molecule has 0 bridgehead atoms. The molecule has 2 rings (SSSR count). The molecule has 7 nitrogen and oxygen atoms in total. The summed E-state index contributed by atoms with van der Waals surface area (Å²) in [6.45, 7) is 4.51. The van der Waals surface area contributed by atoms with Gasteiger partial charge in [-0.15, -0.1) is 0 Å². The smallest absolute Gasteiger partial charge is 0.244 e. The highest BCUT2D eigenvalue weighted by Crippen LogP contribution is 2.29. The lowest BCUT2D eigenvalue weighted by Crippen LogP contribution is -2.38. The molecule has 0 atom stereocenters. The van der Waals surface area contributed by atoms with Crippen molar-refractivity contribution in [3.05, 3.63) is 18.2 Å². The summed E-state index contributed by atoms with van der Waals surface area (Å²) in [6.07, 6.45) is 3.37. The number of likely N-dealkylation sites (tertiary alicyclic amines) is 1. The van der Waals surface area contributed by atoms with Crippen LogP contribution >= 0.6 is 0 Å². The van der Waals surface area contributed by atoms with E-state index in [1.165, 1.54) is 6.42 Å². The Labute approximate surface area is 149 Å². The van der Waals surface area contributed by atoms with Gasteiger partial charge in [0.1, 0.15) is 6.54 Å². The molecule has 0 unspecified atom stereocenters. The molecular formula is C18H28N4O3. The molecule has 0 spiro atoms. The number of rotatable bonds is 6. The number of hydrogen-bond donors (Lipinski definition) is 2. The number of nitrogens with one attached hydrogen (secondary N) is 2. The number of aliphatic imine (C=N–C) groups is 1. The summed E-state index contributed by atoms with van der Waals surface area (Å²) in [6, 6.07) is 5.53. The lowest BCUT2D eigenvalue weighted by Gasteiger charge is -2.26. The molecule has 0 saturated carbocycles. The molecule has 1 saturated heterocycles. The molecular weight excluding hydrogens is 320 g/mol. The maximum Gasteiger partial charge on any atom is 0.244 e. The molecule has 1 aliphatic heterocycles. The van der Waals surface area contributed by atoms with E-state index < -0.39 is 0 Å². The van der Waals surface area contributed by atoms with Gasteiger partial charge in [-0.2, -0.15) is 0 Å². The predicted octanol–water partition coefficient (Wildman–Crippen LogP) is 2.09. The number of carbonyl (C=O) groups excluding carboxylic acids is 1. The first-order valence-electron chi connectivity index (χ1n) is 8.73. The van der Waals surface area contributed by atoms with Crippen LogP contribution in [0, 0.1) is 0 Å². The van der Waals surface area contributed by atoms with E-state index in [-0.39, 0.29) is 12.5 Å². The van der Waals surface area contributed by atoms with Crippen molar-refractivity contribution in [1.82, 2.24) is 10.2 Å². The average molecular weight is 348 g/mol. The third-order valence-corrected chi connectivity index (χ3v) is 4.07. The van der Waals surface area contributed by atoms with Crippen LogP contribution in [0.4, 0.5) is 5.69 Å². The predicted molar refractivity (Wildman–Crippen MR) is 99.6 cm³/mol. The van der Waals surface area contributed by atoms with Crippen LogP contribution in [0.3, 0.4) is 0 Å². The molecule has 7 heteroatoms. The Balaban J connectivity index is 2.02. The van der Waals surface area contributed by atoms with E-state index in [4.69, 9.17) is 9.47 Å². The number of guanidine groups is 1. The summed E-state index contributed by atoms with van der Waals surface area (Å²) >= 11 is 0. The summed E-state index contributed by atoms with van der Waals surface area (Å²) in [7, 11) is 3.20. The molecule has 1 amide bonds. The Morgan fingerprint density at radius 2 is 1.88 bits per heavy atom. The van der Waals surface area contributed by atoms with Gasteiger partial charge >= 0.3 is 0 Å². The zero-order valence-corrected chi connectivity index (χ0v) is 15.3. The van der Waals surface area contributed by atoms with Gasteiger partial charge in [-0.3, -0.25) is 4.79 Å². The van der Waals surface area contributed by atoms with Crippen LogP contribution in [-0.2, 0) is 4.79 Å². The van der Waals surface area contributed by atoms with E-state index in [1.807, 2.05) is 30.0 Å². The van der Waals surface area contributed by atoms with E-state index in [0.717, 1.165) is 31.6 Å². The SMILES string of the molecule is CCNC(=NCC(=O)N1CCCCC1)Nc1ccc(OC)c(OC)c1. The largest absolute Gasteiger partial charge is 0.493 e. The number of hydrogen-bond acceptors (Lipinski definition) is 4. The highest BCUT2D eigenvalue weighted by atomic mass is 16.5. The van der Waals surface area contributed by atoms with Gasteiger partial charge in [-0.25, -0.2) is 4.99 Å². The third-order valence-electron chi connectivity index (χ3n) is 4.07. The molecule has 25 heavy (non-hydrogen) atoms. The molecule has 1 aromatic carbocycles. The van der Waals surface area contributed by atoms with E-state index in [0.29, 0.717) is 24.0 Å². The van der Waals surface area contributed by atoms with Gasteiger partial charge in [0, 0.05) is 31.4 Å². The Kier molecular flexibility index (Phi) is 7.37. The molecule has 0 radical (unpaired) electrons. The number of anilines is 1. The molecule has 1 aliphatic rings. The molecule has 0 aromatic heterocycles. The van der Waals surface area contributed by atoms with Gasteiger partial charge in [0.15, 0.2) is 17.5 Å². The quantitative estimate of drug-likeness (QED) is 0.608. The van der Waals surface area contributed by atoms with Crippen LogP contribution in [0.25, 0.3) is 0 Å². The molecule has 1 fully saturated rings. The molecule has 138 valence electrons. The monoisotopic (exact) mass is 348 g/mol. The van der Waals surface area contributed by atoms with Crippen LogP contribution in [0.2, 0.25) is 0 Å². The normalized spacial score (nSPS) is 14.8. The molecule has 2 N–H and O–H groups in total. The third kappa shape index (κ3) is 5.55. The minimum absolute atomic E-state index is 0.0733. The second-order valence-corrected chi connectivity index (χ2v) is 5.83. The van der Waals surface area contributed by atoms with Crippen molar-refractivity contribution in [1.29, 1.82) is 0 Å². The summed E-state index contributed by atoms with van der Waals surface area (Å²) < 4.78 is 10.6. The minimum Gasteiger partial charge on any atom is -0.493 e. The fourth-order valence-corrected chi connectivity index (χ4v) is 2.75. The Morgan fingerprint density at radius 1 is 1.16 bits per heavy atom. The maximum atomic E-state index is 12.3. The number of methoxy groups -OCH3 is 2. The molecule has 1 heterocycles. The van der Waals surface area contributed by atoms with Crippen molar-refractivity contribution in [2.75, 3.05) is 45.7 Å². The Morgan fingerprint density at radius 3 is 2.52 bits per heavy atom. The number of piperidine rings is 1. The first kappa shape index (κ1) is 18.9. The van der Waals surface area contributed by atoms with E-state index in [9.17, 15) is 4.79 Å². The second-order valence-electron chi connectivity index (χ2n) is 5.83. The highest BCUT2D eigenvalue weighted by Gasteiger charge is 2.16. The topological polar surface area (TPSA) is 75.2 Å². The Bertz CT molecular complexity index is 598. The van der Waals surface area contributed by atoms with Gasteiger partial charge in [-0.05, 0) is 38.3 Å². The number of ether oxygens (including phenoxy) is 2. The van der Waals surface area contributed by atoms with Crippen molar-refractivity contribution >= 4 is 17.6 Å². The Hall–Kier alpha value is -2.44. The number of benzene rings is 1. The fourth-order valence-electron chi connectivity index (χ4n) is 2.75. The first-order valence-corrected chi connectivity index (χ1v) is 8.73. The number of carbonyl (C=O) groups is 1. The maximum absolute atomic E-state index is 12.3. The second kappa shape index (κ2) is 9.76. The van der Waals surface area contributed by atoms with Crippen molar-refractivity contribution in [3.63, 3.8) is 0 Å². The average Bonchev–Trinajstić information content (AvgIpc) is 2.66. The van der Waals surface area contributed by atoms with Crippen molar-refractivity contribution < 1.29 is 14.3 Å². The van der Waals surface area contributed by atoms with E-state index in [1.54, 1.807) is 14.2 Å². The highest BCUT2D eigenvalue weighted by molar-refractivity contribution is 5.95. The van der Waals surface area contributed by atoms with Gasteiger partial charge in [0.25, 0.3) is 0 Å². The summed E-state index contributed by atoms with van der Waals surface area (Å²) in [4.78, 5) is 18.6. The zero-order chi connectivity index (χ0) is 18.1. The van der Waals surface area contributed by atoms with Gasteiger partial charge in [0.05, 0.1) is 14.2 Å². The summed E-state index contributed by atoms with van der Waals surface area (Å²) in [5, 5.41) is 6.35. The van der Waals surface area contributed by atoms with Crippen molar-refractivity contribution in [2.24, 2.45) is 4.99 Å². The van der Waals surface area contributed by atoms with Gasteiger partial charge in [0.2, 0.25) is 5.91 Å². The minimum atomic E-state index is 0.0733. The van der Waals surface area contributed by atoms with Crippen molar-refractivity contribution in [2.45, 2.75) is 26.2 Å². The van der Waals surface area contributed by atoms with Crippen LogP contribution < -0.4 is 20.1 Å². The van der Waals surface area contributed by atoms with Crippen LogP contribution in [-0.4, -0.2) is 57.2 Å². The summed E-state index contributed by atoms with van der Waals surface area (Å²) in [5.74, 6) is 1.94. The number of amides is 1. The molecule has 1 aromatic rings. The van der Waals surface area contributed by atoms with Crippen LogP contribution in [0.15, 0.2) is 23.2 Å². The van der Waals surface area contributed by atoms with Gasteiger partial charge < -0.3 is 25.0 Å². The van der Waals surface area contributed by atoms with E-state index in [2.05, 4.69) is 15.6 Å². The lowest BCUT2D eigenvalue weighted by atomic mass is 10.1. The standard InChI is InChI=1S/C18H28N4O3/c1-4-19-18(20-13-17(23)22-10-6-5-7-11-22)21-14-8-9-15(24-2)16(12-14)25-3/h8-9,12H,4-7,10-11,13H2,1-3H3,(H2,19,20,21). The lowest BCUT2D eigenvalue weighted by molar-refractivity contribution is -0.130. The molecule has 0 aliphatic carbocycles. The van der Waals surface area contributed by atoms with Gasteiger partial charge in [-0.1, -0.05) is 0 Å². The van der Waals surface area contributed by atoms with Crippen LogP contribution in [0.1, 0.15) is 26.2 Å². The van der Waals surface area contributed by atoms with E-state index >= 15 is 0 Å². The summed E-state index contributed by atoms with van der Waals surface area (Å²) in [5.41, 5.74) is 0.808. The van der Waals surface area contributed by atoms with Crippen molar-refractivity contribution in [3.8, 4) is 11.5 Å².